The van der Waals surface area contributed by atoms with Crippen LogP contribution in [-0.4, -0.2) is 50.8 Å². The van der Waals surface area contributed by atoms with E-state index in [4.69, 9.17) is 0 Å². The molecule has 1 saturated heterocycles. The van der Waals surface area contributed by atoms with Crippen LogP contribution in [0.3, 0.4) is 0 Å². The molecular formula is C16H17N5O2. The molecule has 0 aliphatic carbocycles. The number of carbonyl (C=O) groups excluding carboxylic acids is 2. The first kappa shape index (κ1) is 15.1. The van der Waals surface area contributed by atoms with Crippen molar-refractivity contribution in [1.82, 2.24) is 25.2 Å². The quantitative estimate of drug-likeness (QED) is 0.910. The predicted octanol–water partition coefficient (Wildman–Crippen LogP) is 0.906. The summed E-state index contributed by atoms with van der Waals surface area (Å²) >= 11 is 0. The summed E-state index contributed by atoms with van der Waals surface area (Å²) in [6.45, 7) is 1.19. The van der Waals surface area contributed by atoms with Gasteiger partial charge in [0.1, 0.15) is 5.69 Å². The normalized spacial score (nSPS) is 15.2. The zero-order valence-corrected chi connectivity index (χ0v) is 12.6. The molecule has 2 amide bonds. The van der Waals surface area contributed by atoms with Crippen molar-refractivity contribution in [2.75, 3.05) is 13.1 Å². The van der Waals surface area contributed by atoms with E-state index in [2.05, 4.69) is 20.3 Å². The fourth-order valence-corrected chi connectivity index (χ4v) is 2.57. The minimum Gasteiger partial charge on any atom is -0.349 e. The molecule has 23 heavy (non-hydrogen) atoms. The van der Waals surface area contributed by atoms with E-state index in [9.17, 15) is 9.59 Å². The number of aromatic nitrogens is 3. The van der Waals surface area contributed by atoms with Crippen molar-refractivity contribution in [1.29, 1.82) is 0 Å². The molecule has 0 saturated carbocycles. The van der Waals surface area contributed by atoms with Gasteiger partial charge < -0.3 is 10.2 Å². The topological polar surface area (TPSA) is 88.1 Å². The molecule has 7 nitrogen and oxygen atoms in total. The molecule has 0 spiro atoms. The number of hydrogen-bond donors (Lipinski definition) is 1. The van der Waals surface area contributed by atoms with Gasteiger partial charge in [-0.15, -0.1) is 0 Å². The predicted molar refractivity (Wildman–Crippen MR) is 82.7 cm³/mol. The van der Waals surface area contributed by atoms with E-state index in [-0.39, 0.29) is 17.9 Å². The molecule has 0 aromatic carbocycles. The fourth-order valence-electron chi connectivity index (χ4n) is 2.57. The molecule has 1 aliphatic rings. The lowest BCUT2D eigenvalue weighted by Crippen LogP contribution is -2.46. The number of nitrogens with one attached hydrogen (secondary N) is 1. The molecule has 118 valence electrons. The summed E-state index contributed by atoms with van der Waals surface area (Å²) in [5.74, 6) is -0.219. The van der Waals surface area contributed by atoms with E-state index in [1.807, 2.05) is 0 Å². The second kappa shape index (κ2) is 6.95. The number of rotatable bonds is 3. The first-order valence-electron chi connectivity index (χ1n) is 7.50. The third kappa shape index (κ3) is 3.68. The minimum absolute atomic E-state index is 0.0709. The van der Waals surface area contributed by atoms with E-state index in [0.717, 1.165) is 12.8 Å². The van der Waals surface area contributed by atoms with Gasteiger partial charge in [0.15, 0.2) is 0 Å². The average molecular weight is 311 g/mol. The monoisotopic (exact) mass is 311 g/mol. The standard InChI is InChI=1S/C16H17N5O2/c22-15(12-1-5-17-6-2-12)20-13-3-9-21(10-4-13)16(23)14-11-18-7-8-19-14/h1-2,5-8,11,13H,3-4,9-10H2,(H,20,22). The number of hydrogen-bond acceptors (Lipinski definition) is 5. The zero-order valence-electron chi connectivity index (χ0n) is 12.6. The minimum atomic E-state index is -0.114. The summed E-state index contributed by atoms with van der Waals surface area (Å²) in [4.78, 5) is 38.0. The molecule has 0 radical (unpaired) electrons. The lowest BCUT2D eigenvalue weighted by atomic mass is 10.0. The molecule has 0 atom stereocenters. The Hall–Kier alpha value is -2.83. The maximum atomic E-state index is 12.3. The second-order valence-corrected chi connectivity index (χ2v) is 5.37. The van der Waals surface area contributed by atoms with Gasteiger partial charge >= 0.3 is 0 Å². The molecule has 1 fully saturated rings. The highest BCUT2D eigenvalue weighted by molar-refractivity contribution is 5.94. The van der Waals surface area contributed by atoms with Gasteiger partial charge in [-0.3, -0.25) is 19.6 Å². The molecule has 2 aromatic rings. The Labute approximate surface area is 133 Å². The lowest BCUT2D eigenvalue weighted by molar-refractivity contribution is 0.0692. The van der Waals surface area contributed by atoms with Crippen LogP contribution in [0.5, 0.6) is 0 Å². The van der Waals surface area contributed by atoms with E-state index in [0.29, 0.717) is 24.3 Å². The van der Waals surface area contributed by atoms with Gasteiger partial charge in [0.05, 0.1) is 6.20 Å². The van der Waals surface area contributed by atoms with Gasteiger partial charge in [0.2, 0.25) is 0 Å². The van der Waals surface area contributed by atoms with E-state index in [1.165, 1.54) is 18.6 Å². The van der Waals surface area contributed by atoms with E-state index < -0.39 is 0 Å². The Morgan fingerprint density at radius 1 is 1.04 bits per heavy atom. The van der Waals surface area contributed by atoms with Crippen molar-refractivity contribution in [3.05, 3.63) is 54.4 Å². The Morgan fingerprint density at radius 2 is 1.78 bits per heavy atom. The molecule has 1 N–H and O–H groups in total. The van der Waals surface area contributed by atoms with Gasteiger partial charge in [-0.05, 0) is 25.0 Å². The van der Waals surface area contributed by atoms with Crippen molar-refractivity contribution < 1.29 is 9.59 Å². The third-order valence-corrected chi connectivity index (χ3v) is 3.84. The Balaban J connectivity index is 1.53. The van der Waals surface area contributed by atoms with Crippen molar-refractivity contribution >= 4 is 11.8 Å². The highest BCUT2D eigenvalue weighted by atomic mass is 16.2. The van der Waals surface area contributed by atoms with Crippen LogP contribution >= 0.6 is 0 Å². The Morgan fingerprint density at radius 3 is 2.43 bits per heavy atom. The number of likely N-dealkylation sites (tertiary alicyclic amines) is 1. The fraction of sp³-hybridized carbons (Fsp3) is 0.312. The number of pyridine rings is 1. The molecule has 0 bridgehead atoms. The maximum Gasteiger partial charge on any atom is 0.274 e. The summed E-state index contributed by atoms with van der Waals surface area (Å²) in [6.07, 6.45) is 9.16. The molecule has 7 heteroatoms. The van der Waals surface area contributed by atoms with Crippen molar-refractivity contribution in [3.63, 3.8) is 0 Å². The summed E-state index contributed by atoms with van der Waals surface area (Å²) in [7, 11) is 0. The van der Waals surface area contributed by atoms with Crippen molar-refractivity contribution in [2.24, 2.45) is 0 Å². The van der Waals surface area contributed by atoms with Gasteiger partial charge in [-0.1, -0.05) is 0 Å². The molecular weight excluding hydrogens is 294 g/mol. The smallest absolute Gasteiger partial charge is 0.274 e. The third-order valence-electron chi connectivity index (χ3n) is 3.84. The van der Waals surface area contributed by atoms with Crippen LogP contribution in [0, 0.1) is 0 Å². The van der Waals surface area contributed by atoms with Gasteiger partial charge in [0.25, 0.3) is 11.8 Å². The Kier molecular flexibility index (Phi) is 4.56. The SMILES string of the molecule is O=C(NC1CCN(C(=O)c2cnccn2)CC1)c1ccncc1. The Bertz CT molecular complexity index is 669. The summed E-state index contributed by atoms with van der Waals surface area (Å²) in [5, 5.41) is 3.00. The van der Waals surface area contributed by atoms with Gasteiger partial charge in [0, 0.05) is 49.5 Å². The van der Waals surface area contributed by atoms with Crippen LogP contribution in [0.25, 0.3) is 0 Å². The van der Waals surface area contributed by atoms with Gasteiger partial charge in [-0.25, -0.2) is 4.98 Å². The molecule has 3 rings (SSSR count). The van der Waals surface area contributed by atoms with Crippen LogP contribution < -0.4 is 5.32 Å². The van der Waals surface area contributed by atoms with Crippen LogP contribution in [-0.2, 0) is 0 Å². The first-order chi connectivity index (χ1) is 11.2. The van der Waals surface area contributed by atoms with Crippen LogP contribution in [0.15, 0.2) is 43.1 Å². The number of nitrogens with zero attached hydrogens (tertiary/aromatic N) is 4. The average Bonchev–Trinajstić information content (AvgIpc) is 2.63. The van der Waals surface area contributed by atoms with E-state index >= 15 is 0 Å². The van der Waals surface area contributed by atoms with Crippen LogP contribution in [0.1, 0.15) is 33.7 Å². The largest absolute Gasteiger partial charge is 0.349 e. The molecule has 0 unspecified atom stereocenters. The number of amides is 2. The molecule has 1 aliphatic heterocycles. The number of piperidine rings is 1. The molecule has 3 heterocycles. The van der Waals surface area contributed by atoms with Crippen LogP contribution in [0.2, 0.25) is 0 Å². The number of carbonyl (C=O) groups is 2. The lowest BCUT2D eigenvalue weighted by Gasteiger charge is -2.32. The summed E-state index contributed by atoms with van der Waals surface area (Å²) in [5.41, 5.74) is 0.949. The first-order valence-corrected chi connectivity index (χ1v) is 7.50. The molecule has 2 aromatic heterocycles. The highest BCUT2D eigenvalue weighted by Crippen LogP contribution is 2.13. The van der Waals surface area contributed by atoms with Crippen molar-refractivity contribution in [2.45, 2.75) is 18.9 Å². The van der Waals surface area contributed by atoms with Crippen molar-refractivity contribution in [3.8, 4) is 0 Å². The second-order valence-electron chi connectivity index (χ2n) is 5.37. The highest BCUT2D eigenvalue weighted by Gasteiger charge is 2.25. The maximum absolute atomic E-state index is 12.3. The van der Waals surface area contributed by atoms with Crippen LogP contribution in [0.4, 0.5) is 0 Å². The summed E-state index contributed by atoms with van der Waals surface area (Å²) < 4.78 is 0. The van der Waals surface area contributed by atoms with E-state index in [1.54, 1.807) is 29.4 Å². The summed E-state index contributed by atoms with van der Waals surface area (Å²) in [6, 6.07) is 3.44. The zero-order chi connectivity index (χ0) is 16.1. The van der Waals surface area contributed by atoms with Gasteiger partial charge in [-0.2, -0.15) is 0 Å².